The largest absolute Gasteiger partial charge is 0.389 e. The molecular formula is C16H17N3S. The summed E-state index contributed by atoms with van der Waals surface area (Å²) in [6.45, 7) is 0. The first-order valence-corrected chi connectivity index (χ1v) is 7.24. The number of hydrogen-bond donors (Lipinski definition) is 2. The van der Waals surface area contributed by atoms with Crippen molar-refractivity contribution in [3.05, 3.63) is 59.4 Å². The molecule has 1 aliphatic rings. The number of rotatable bonds is 3. The molecule has 0 bridgehead atoms. The second-order valence-electron chi connectivity index (χ2n) is 5.07. The Labute approximate surface area is 124 Å². The molecule has 3 rings (SSSR count). The van der Waals surface area contributed by atoms with E-state index in [0.717, 1.165) is 24.1 Å². The van der Waals surface area contributed by atoms with Crippen LogP contribution in [0.4, 0.5) is 5.69 Å². The van der Waals surface area contributed by atoms with Crippen molar-refractivity contribution in [2.45, 2.75) is 25.3 Å². The van der Waals surface area contributed by atoms with E-state index in [1.165, 1.54) is 17.5 Å². The van der Waals surface area contributed by atoms with Crippen LogP contribution in [0.1, 0.15) is 35.6 Å². The molecule has 20 heavy (non-hydrogen) atoms. The molecule has 3 N–H and O–H groups in total. The lowest BCUT2D eigenvalue weighted by molar-refractivity contribution is 0.600. The molecule has 0 amide bonds. The summed E-state index contributed by atoms with van der Waals surface area (Å²) < 4.78 is 0. The Bertz CT molecular complexity index is 639. The van der Waals surface area contributed by atoms with Crippen LogP contribution in [0, 0.1) is 0 Å². The van der Waals surface area contributed by atoms with Crippen LogP contribution in [-0.4, -0.2) is 9.97 Å². The van der Waals surface area contributed by atoms with E-state index >= 15 is 0 Å². The molecule has 1 atom stereocenters. The summed E-state index contributed by atoms with van der Waals surface area (Å²) in [5, 5.41) is 3.56. The Morgan fingerprint density at radius 3 is 3.00 bits per heavy atom. The quantitative estimate of drug-likeness (QED) is 0.849. The van der Waals surface area contributed by atoms with Gasteiger partial charge >= 0.3 is 0 Å². The third-order valence-electron chi connectivity index (χ3n) is 3.79. The molecule has 4 heteroatoms. The van der Waals surface area contributed by atoms with E-state index in [9.17, 15) is 0 Å². The second kappa shape index (κ2) is 5.59. The maximum absolute atomic E-state index is 5.78. The lowest BCUT2D eigenvalue weighted by atomic mass is 9.87. The standard InChI is InChI=1S/C16H17N3S/c17-16(20)13-8-9-18-10-15(13)19-14-7-3-5-11-4-1-2-6-12(11)14/h1-2,4,6,8-10,14,19H,3,5,7H2,(H2,17,20). The summed E-state index contributed by atoms with van der Waals surface area (Å²) in [6.07, 6.45) is 6.98. The summed E-state index contributed by atoms with van der Waals surface area (Å²) in [7, 11) is 0. The zero-order valence-corrected chi connectivity index (χ0v) is 12.0. The van der Waals surface area contributed by atoms with Gasteiger partial charge in [-0.05, 0) is 36.5 Å². The van der Waals surface area contributed by atoms with Gasteiger partial charge in [-0.1, -0.05) is 36.5 Å². The van der Waals surface area contributed by atoms with Gasteiger partial charge in [-0.15, -0.1) is 0 Å². The van der Waals surface area contributed by atoms with Crippen molar-refractivity contribution in [3.8, 4) is 0 Å². The number of anilines is 1. The number of nitrogens with one attached hydrogen (secondary N) is 1. The lowest BCUT2D eigenvalue weighted by Crippen LogP contribution is -2.20. The molecule has 1 aromatic carbocycles. The van der Waals surface area contributed by atoms with Gasteiger partial charge in [0.05, 0.1) is 17.9 Å². The fourth-order valence-electron chi connectivity index (χ4n) is 2.82. The van der Waals surface area contributed by atoms with E-state index in [2.05, 4.69) is 34.6 Å². The summed E-state index contributed by atoms with van der Waals surface area (Å²) in [4.78, 5) is 4.57. The van der Waals surface area contributed by atoms with Crippen molar-refractivity contribution in [3.63, 3.8) is 0 Å². The van der Waals surface area contributed by atoms with Gasteiger partial charge in [0, 0.05) is 11.8 Å². The highest BCUT2D eigenvalue weighted by Gasteiger charge is 2.20. The van der Waals surface area contributed by atoms with Crippen LogP contribution in [0.25, 0.3) is 0 Å². The van der Waals surface area contributed by atoms with E-state index in [0.29, 0.717) is 11.0 Å². The minimum Gasteiger partial charge on any atom is -0.389 e. The molecule has 0 aliphatic heterocycles. The van der Waals surface area contributed by atoms with Crippen molar-refractivity contribution in [2.24, 2.45) is 5.73 Å². The van der Waals surface area contributed by atoms with Crippen LogP contribution in [0.3, 0.4) is 0 Å². The molecule has 0 saturated heterocycles. The van der Waals surface area contributed by atoms with E-state index in [-0.39, 0.29) is 0 Å². The molecule has 1 heterocycles. The van der Waals surface area contributed by atoms with Crippen LogP contribution in [-0.2, 0) is 6.42 Å². The van der Waals surface area contributed by atoms with Crippen LogP contribution < -0.4 is 11.1 Å². The Hall–Kier alpha value is -1.94. The summed E-state index contributed by atoms with van der Waals surface area (Å²) in [5.41, 5.74) is 10.4. The van der Waals surface area contributed by atoms with Gasteiger partial charge in [0.15, 0.2) is 0 Å². The lowest BCUT2D eigenvalue weighted by Gasteiger charge is -2.27. The summed E-state index contributed by atoms with van der Waals surface area (Å²) >= 11 is 5.11. The topological polar surface area (TPSA) is 50.9 Å². The number of aromatic nitrogens is 1. The van der Waals surface area contributed by atoms with Crippen LogP contribution in [0.15, 0.2) is 42.7 Å². The Kier molecular flexibility index (Phi) is 3.65. The average Bonchev–Trinajstić information content (AvgIpc) is 2.48. The normalized spacial score (nSPS) is 17.3. The first-order valence-electron chi connectivity index (χ1n) is 6.84. The number of benzene rings is 1. The van der Waals surface area contributed by atoms with Crippen LogP contribution in [0.2, 0.25) is 0 Å². The number of nitrogens with two attached hydrogens (primary N) is 1. The molecule has 0 fully saturated rings. The number of hydrogen-bond acceptors (Lipinski definition) is 3. The maximum Gasteiger partial charge on any atom is 0.106 e. The monoisotopic (exact) mass is 283 g/mol. The number of fused-ring (bicyclic) bond motifs is 1. The fourth-order valence-corrected chi connectivity index (χ4v) is 2.99. The van der Waals surface area contributed by atoms with Crippen molar-refractivity contribution >= 4 is 22.9 Å². The van der Waals surface area contributed by atoms with Gasteiger partial charge in [-0.25, -0.2) is 0 Å². The molecule has 1 unspecified atom stereocenters. The van der Waals surface area contributed by atoms with Gasteiger partial charge in [0.2, 0.25) is 0 Å². The Balaban J connectivity index is 1.92. The van der Waals surface area contributed by atoms with E-state index < -0.39 is 0 Å². The van der Waals surface area contributed by atoms with Gasteiger partial charge < -0.3 is 11.1 Å². The highest BCUT2D eigenvalue weighted by molar-refractivity contribution is 7.80. The molecule has 3 nitrogen and oxygen atoms in total. The Morgan fingerprint density at radius 1 is 1.30 bits per heavy atom. The third kappa shape index (κ3) is 2.51. The summed E-state index contributed by atoms with van der Waals surface area (Å²) in [6, 6.07) is 10.8. The maximum atomic E-state index is 5.78. The van der Waals surface area contributed by atoms with Gasteiger partial charge in [0.25, 0.3) is 0 Å². The molecule has 2 aromatic rings. The molecule has 0 saturated carbocycles. The molecule has 0 spiro atoms. The van der Waals surface area contributed by atoms with Crippen molar-refractivity contribution in [1.29, 1.82) is 0 Å². The minimum absolute atomic E-state index is 0.303. The predicted molar refractivity (Wildman–Crippen MR) is 85.9 cm³/mol. The molecule has 1 aromatic heterocycles. The minimum atomic E-state index is 0.303. The number of nitrogens with zero attached hydrogens (tertiary/aromatic N) is 1. The van der Waals surface area contributed by atoms with Gasteiger partial charge in [-0.3, -0.25) is 4.98 Å². The zero-order valence-electron chi connectivity index (χ0n) is 11.2. The van der Waals surface area contributed by atoms with Crippen molar-refractivity contribution < 1.29 is 0 Å². The number of thiocarbonyl (C=S) groups is 1. The van der Waals surface area contributed by atoms with E-state index in [1.807, 2.05) is 6.07 Å². The predicted octanol–water partition coefficient (Wildman–Crippen LogP) is 3.21. The van der Waals surface area contributed by atoms with Crippen molar-refractivity contribution in [1.82, 2.24) is 4.98 Å². The van der Waals surface area contributed by atoms with E-state index in [4.69, 9.17) is 18.0 Å². The number of pyridine rings is 1. The second-order valence-corrected chi connectivity index (χ2v) is 5.51. The zero-order chi connectivity index (χ0) is 13.9. The van der Waals surface area contributed by atoms with Gasteiger partial charge in [-0.2, -0.15) is 0 Å². The highest BCUT2D eigenvalue weighted by Crippen LogP contribution is 2.32. The molecule has 102 valence electrons. The number of aryl methyl sites for hydroxylation is 1. The fraction of sp³-hybridized carbons (Fsp3) is 0.250. The van der Waals surface area contributed by atoms with E-state index in [1.54, 1.807) is 12.4 Å². The molecule has 0 radical (unpaired) electrons. The molecular weight excluding hydrogens is 266 g/mol. The SMILES string of the molecule is NC(=S)c1ccncc1NC1CCCc2ccccc21. The average molecular weight is 283 g/mol. The smallest absolute Gasteiger partial charge is 0.106 e. The first kappa shape index (κ1) is 13.1. The Morgan fingerprint density at radius 2 is 2.15 bits per heavy atom. The third-order valence-corrected chi connectivity index (χ3v) is 4.01. The van der Waals surface area contributed by atoms with Gasteiger partial charge in [0.1, 0.15) is 4.99 Å². The van der Waals surface area contributed by atoms with Crippen LogP contribution >= 0.6 is 12.2 Å². The summed E-state index contributed by atoms with van der Waals surface area (Å²) in [5.74, 6) is 0. The van der Waals surface area contributed by atoms with Crippen molar-refractivity contribution in [2.75, 3.05) is 5.32 Å². The molecule has 1 aliphatic carbocycles. The highest BCUT2D eigenvalue weighted by atomic mass is 32.1. The first-order chi connectivity index (χ1) is 9.75. The van der Waals surface area contributed by atoms with Crippen LogP contribution in [0.5, 0.6) is 0 Å².